The maximum atomic E-state index is 12.5. The van der Waals surface area contributed by atoms with E-state index in [0.717, 1.165) is 54.9 Å². The number of hydrogen-bond donors (Lipinski definition) is 0. The van der Waals surface area contributed by atoms with E-state index in [-0.39, 0.29) is 35.6 Å². The van der Waals surface area contributed by atoms with Crippen molar-refractivity contribution in [1.29, 1.82) is 0 Å². The van der Waals surface area contributed by atoms with Crippen LogP contribution in [0, 0.1) is 19.9 Å². The van der Waals surface area contributed by atoms with Crippen LogP contribution in [-0.2, 0) is 53.8 Å². The van der Waals surface area contributed by atoms with Crippen LogP contribution in [0.4, 0.5) is 26.3 Å². The first-order valence-corrected chi connectivity index (χ1v) is 18.2. The first kappa shape index (κ1) is 43.4. The zero-order chi connectivity index (χ0) is 37.8. The standard InChI is InChI=1S/C23H21.C15H8F6.C7H9.2ClH.Zr/c1-22(2)7-5-14-10-18-16(12-20(14)22)9-17-13-21-15(11-19(17)18)6-8-23(21,3)4;16-14(17,18)12-5-1-10(2-6-12)9-11-3-7-13(8-4-11)15(19,20)21;1-6-3-4-7(2)5-6;;;/h5-7,10-13H,9H2,1-4H3;1-8H;3-5H,1-2H3;2*1H;/q-1;;-1;;;+2/p-2. The third-order valence-corrected chi connectivity index (χ3v) is 11.3. The number of benzene rings is 4. The molecule has 8 rings (SSSR count). The summed E-state index contributed by atoms with van der Waals surface area (Å²) in [5, 5.41) is 0. The van der Waals surface area contributed by atoms with Gasteiger partial charge in [-0.3, -0.25) is 6.08 Å². The Hall–Kier alpha value is -3.38. The summed E-state index contributed by atoms with van der Waals surface area (Å²) >= 11 is 0.898. The predicted octanol–water partition coefficient (Wildman–Crippen LogP) is 6.54. The second-order valence-corrected chi connectivity index (χ2v) is 16.1. The predicted molar refractivity (Wildman–Crippen MR) is 195 cm³/mol. The fourth-order valence-electron chi connectivity index (χ4n) is 6.94. The molecule has 0 nitrogen and oxygen atoms in total. The Balaban J connectivity index is 0.000000198. The Bertz CT molecular complexity index is 2060. The third kappa shape index (κ3) is 9.18. The molecular formula is C45H38Cl2F6Zr-2. The summed E-state index contributed by atoms with van der Waals surface area (Å²) in [4.78, 5) is 0. The number of rotatable bonds is 2. The third-order valence-electron chi connectivity index (χ3n) is 9.92. The number of hydrogen-bond acceptors (Lipinski definition) is 0. The van der Waals surface area contributed by atoms with Gasteiger partial charge in [-0.05, 0) is 45.9 Å². The van der Waals surface area contributed by atoms with Crippen molar-refractivity contribution in [3.63, 3.8) is 0 Å². The summed E-state index contributed by atoms with van der Waals surface area (Å²) in [5.74, 6) is 0. The summed E-state index contributed by atoms with van der Waals surface area (Å²) in [7, 11) is 0. The van der Waals surface area contributed by atoms with E-state index in [1.165, 1.54) is 79.9 Å². The minimum Gasteiger partial charge on any atom is -1.00 e. The molecule has 3 aliphatic rings. The number of halogens is 8. The van der Waals surface area contributed by atoms with Crippen molar-refractivity contribution < 1.29 is 75.4 Å². The molecule has 0 spiro atoms. The van der Waals surface area contributed by atoms with Crippen LogP contribution in [0.15, 0.2) is 97.1 Å². The van der Waals surface area contributed by atoms with Crippen LogP contribution in [0.5, 0.6) is 0 Å². The average molecular weight is 855 g/mol. The van der Waals surface area contributed by atoms with Crippen LogP contribution >= 0.6 is 0 Å². The molecule has 0 aliphatic heterocycles. The Morgan fingerprint density at radius 2 is 1.17 bits per heavy atom. The van der Waals surface area contributed by atoms with Crippen LogP contribution in [-0.4, -0.2) is 3.21 Å². The number of allylic oxidation sites excluding steroid dienone is 2. The Labute approximate surface area is 340 Å². The summed E-state index contributed by atoms with van der Waals surface area (Å²) in [6.07, 6.45) is 2.54. The zero-order valence-corrected chi connectivity index (χ0v) is 34.6. The quantitative estimate of drug-likeness (QED) is 0.137. The van der Waals surface area contributed by atoms with E-state index in [1.54, 1.807) is 0 Å². The van der Waals surface area contributed by atoms with Crippen molar-refractivity contribution in [2.45, 2.75) is 71.1 Å². The molecule has 0 bridgehead atoms. The SMILES string of the molecule is CC1(C)[C-]=Cc2cc3c(cc21)Cc1cc2c(cc1-3)C=CC2(C)C.Cc1c[cH-]c(C)c1.FC(F)(F)c1ccc([C](=[Zr+2])c2ccc(C(F)(F)F)cc2)cc1.[Cl-].[Cl-]. The van der Waals surface area contributed by atoms with Gasteiger partial charge in [-0.25, -0.2) is 17.7 Å². The molecule has 54 heavy (non-hydrogen) atoms. The molecule has 5 aromatic carbocycles. The maximum Gasteiger partial charge on any atom is -1.00 e. The van der Waals surface area contributed by atoms with E-state index in [0.29, 0.717) is 14.3 Å². The van der Waals surface area contributed by atoms with Crippen LogP contribution in [0.1, 0.15) is 94.5 Å². The smallest absolute Gasteiger partial charge is 1.00 e. The molecule has 9 heteroatoms. The summed E-state index contributed by atoms with van der Waals surface area (Å²) in [5.41, 5.74) is 14.0. The summed E-state index contributed by atoms with van der Waals surface area (Å²) in [6.45, 7) is 13.3. The molecule has 0 atom stereocenters. The molecule has 3 aliphatic carbocycles. The van der Waals surface area contributed by atoms with E-state index in [9.17, 15) is 26.3 Å². The van der Waals surface area contributed by atoms with Crippen molar-refractivity contribution in [2.75, 3.05) is 0 Å². The molecule has 0 amide bonds. The van der Waals surface area contributed by atoms with Crippen molar-refractivity contribution >= 4 is 15.4 Å². The van der Waals surface area contributed by atoms with Crippen LogP contribution in [0.3, 0.4) is 0 Å². The van der Waals surface area contributed by atoms with Gasteiger partial charge in [-0.1, -0.05) is 71.2 Å². The molecule has 0 unspecified atom stereocenters. The fraction of sp³-hybridized carbons (Fsp3) is 0.244. The number of fused-ring (bicyclic) bond motifs is 5. The van der Waals surface area contributed by atoms with Gasteiger partial charge in [-0.15, -0.1) is 11.6 Å². The molecule has 0 N–H and O–H groups in total. The van der Waals surface area contributed by atoms with Crippen molar-refractivity contribution in [1.82, 2.24) is 0 Å². The Morgan fingerprint density at radius 1 is 0.685 bits per heavy atom. The van der Waals surface area contributed by atoms with Gasteiger partial charge in [0.25, 0.3) is 0 Å². The largest absolute Gasteiger partial charge is 1.00 e. The van der Waals surface area contributed by atoms with Gasteiger partial charge in [0.05, 0.1) is 0 Å². The molecule has 280 valence electrons. The Morgan fingerprint density at radius 3 is 1.59 bits per heavy atom. The molecule has 0 heterocycles. The van der Waals surface area contributed by atoms with Crippen molar-refractivity contribution in [2.24, 2.45) is 0 Å². The second-order valence-electron chi connectivity index (χ2n) is 14.8. The zero-order valence-electron chi connectivity index (χ0n) is 30.6. The minimum atomic E-state index is -4.41. The van der Waals surface area contributed by atoms with Crippen LogP contribution in [0.25, 0.3) is 23.3 Å². The van der Waals surface area contributed by atoms with Crippen LogP contribution in [0.2, 0.25) is 0 Å². The van der Waals surface area contributed by atoms with E-state index in [4.69, 9.17) is 0 Å². The molecular weight excluding hydrogens is 817 g/mol. The molecule has 0 saturated heterocycles. The van der Waals surface area contributed by atoms with Crippen molar-refractivity contribution in [3.8, 4) is 11.1 Å². The summed E-state index contributed by atoms with van der Waals surface area (Å²) in [6, 6.07) is 25.2. The van der Waals surface area contributed by atoms with E-state index in [2.05, 4.69) is 108 Å². The van der Waals surface area contributed by atoms with Crippen LogP contribution < -0.4 is 24.8 Å². The van der Waals surface area contributed by atoms with Gasteiger partial charge in [0.1, 0.15) is 0 Å². The number of aryl methyl sites for hydroxylation is 2. The van der Waals surface area contributed by atoms with Gasteiger partial charge in [0.2, 0.25) is 0 Å². The van der Waals surface area contributed by atoms with Gasteiger partial charge in [-0.2, -0.15) is 23.3 Å². The van der Waals surface area contributed by atoms with Gasteiger partial charge >= 0.3 is 137 Å². The second kappa shape index (κ2) is 16.0. The molecule has 0 aromatic heterocycles. The van der Waals surface area contributed by atoms with E-state index < -0.39 is 23.5 Å². The monoisotopic (exact) mass is 852 g/mol. The molecule has 5 aromatic rings. The maximum absolute atomic E-state index is 12.5. The Kier molecular flexibility index (Phi) is 12.8. The molecule has 0 fully saturated rings. The van der Waals surface area contributed by atoms with Gasteiger partial charge in [0, 0.05) is 5.41 Å². The van der Waals surface area contributed by atoms with E-state index >= 15 is 0 Å². The van der Waals surface area contributed by atoms with E-state index in [1.807, 2.05) is 0 Å². The number of alkyl halides is 6. The summed E-state index contributed by atoms with van der Waals surface area (Å²) < 4.78 is 75.6. The van der Waals surface area contributed by atoms with Crippen molar-refractivity contribution in [3.05, 3.63) is 170 Å². The molecule has 0 saturated carbocycles. The van der Waals surface area contributed by atoms with Gasteiger partial charge in [0.15, 0.2) is 0 Å². The minimum absolute atomic E-state index is 0. The first-order valence-electron chi connectivity index (χ1n) is 17.0. The topological polar surface area (TPSA) is 0 Å². The van der Waals surface area contributed by atoms with Gasteiger partial charge < -0.3 is 24.8 Å². The fourth-order valence-corrected chi connectivity index (χ4v) is 7.76. The normalized spacial score (nSPS) is 14.9. The average Bonchev–Trinajstić information content (AvgIpc) is 3.81. The molecule has 0 radical (unpaired) electrons. The first-order chi connectivity index (χ1) is 24.2.